The highest BCUT2D eigenvalue weighted by atomic mass is 16.5. The minimum atomic E-state index is -0.138. The van der Waals surface area contributed by atoms with E-state index in [1.54, 1.807) is 12.4 Å². The van der Waals surface area contributed by atoms with Gasteiger partial charge in [-0.2, -0.15) is 5.10 Å². The lowest BCUT2D eigenvalue weighted by Gasteiger charge is -2.22. The Morgan fingerprint density at radius 3 is 3.17 bits per heavy atom. The highest BCUT2D eigenvalue weighted by molar-refractivity contribution is 6.12. The molecule has 24 heavy (non-hydrogen) atoms. The largest absolute Gasteiger partial charge is 0.376 e. The Balaban J connectivity index is 1.44. The van der Waals surface area contributed by atoms with Gasteiger partial charge in [0.05, 0.1) is 30.1 Å². The fourth-order valence-corrected chi connectivity index (χ4v) is 3.15. The molecular formula is C18H20N4O2. The maximum atomic E-state index is 12.5. The average molecular weight is 324 g/mol. The highest BCUT2D eigenvalue weighted by Gasteiger charge is 2.16. The molecule has 2 aromatic heterocycles. The molecule has 0 aliphatic carbocycles. The number of anilines is 1. The third-order valence-electron chi connectivity index (χ3n) is 4.39. The summed E-state index contributed by atoms with van der Waals surface area (Å²) < 4.78 is 7.56. The van der Waals surface area contributed by atoms with Crippen molar-refractivity contribution in [3.8, 4) is 0 Å². The molecule has 0 bridgehead atoms. The lowest BCUT2D eigenvalue weighted by molar-refractivity contribution is 0.00401. The molecule has 1 fully saturated rings. The first-order chi connectivity index (χ1) is 11.8. The van der Waals surface area contributed by atoms with Gasteiger partial charge in [-0.1, -0.05) is 18.2 Å². The average Bonchev–Trinajstić information content (AvgIpc) is 3.22. The Bertz CT molecular complexity index is 845. The van der Waals surface area contributed by atoms with Crippen molar-refractivity contribution in [2.45, 2.75) is 31.9 Å². The van der Waals surface area contributed by atoms with E-state index in [0.29, 0.717) is 11.3 Å². The second kappa shape index (κ2) is 6.49. The van der Waals surface area contributed by atoms with Gasteiger partial charge in [-0.05, 0) is 25.3 Å². The molecule has 2 N–H and O–H groups in total. The number of nitrogens with one attached hydrogen (secondary N) is 2. The molecule has 6 heteroatoms. The number of aromatic nitrogens is 3. The van der Waals surface area contributed by atoms with Crippen LogP contribution >= 0.6 is 0 Å². The summed E-state index contributed by atoms with van der Waals surface area (Å²) in [6.07, 6.45) is 8.89. The van der Waals surface area contributed by atoms with E-state index in [0.717, 1.165) is 36.9 Å². The second-order valence-electron chi connectivity index (χ2n) is 6.14. The van der Waals surface area contributed by atoms with Crippen molar-refractivity contribution in [1.82, 2.24) is 14.8 Å². The number of carbonyl (C=O) groups is 1. The maximum Gasteiger partial charge on any atom is 0.257 e. The van der Waals surface area contributed by atoms with Gasteiger partial charge in [0.1, 0.15) is 0 Å². The smallest absolute Gasteiger partial charge is 0.257 e. The predicted molar refractivity (Wildman–Crippen MR) is 92.1 cm³/mol. The van der Waals surface area contributed by atoms with Crippen LogP contribution in [0.2, 0.25) is 0 Å². The molecular weight excluding hydrogens is 304 g/mol. The summed E-state index contributed by atoms with van der Waals surface area (Å²) in [5.74, 6) is -0.138. The summed E-state index contributed by atoms with van der Waals surface area (Å²) in [6.45, 7) is 1.55. The van der Waals surface area contributed by atoms with Crippen LogP contribution in [0.3, 0.4) is 0 Å². The zero-order valence-corrected chi connectivity index (χ0v) is 13.4. The molecule has 0 radical (unpaired) electrons. The van der Waals surface area contributed by atoms with Crippen molar-refractivity contribution in [3.05, 3.63) is 48.4 Å². The van der Waals surface area contributed by atoms with E-state index >= 15 is 0 Å². The number of fused-ring (bicyclic) bond motifs is 1. The van der Waals surface area contributed by atoms with Crippen LogP contribution in [0.25, 0.3) is 10.9 Å². The van der Waals surface area contributed by atoms with E-state index in [1.807, 2.05) is 35.1 Å². The highest BCUT2D eigenvalue weighted by Crippen LogP contribution is 2.19. The van der Waals surface area contributed by atoms with Gasteiger partial charge in [0.15, 0.2) is 0 Å². The molecule has 0 saturated carbocycles. The van der Waals surface area contributed by atoms with Gasteiger partial charge in [0.25, 0.3) is 5.91 Å². The van der Waals surface area contributed by atoms with E-state index < -0.39 is 0 Å². The van der Waals surface area contributed by atoms with Gasteiger partial charge < -0.3 is 15.0 Å². The number of hydrogen-bond acceptors (Lipinski definition) is 3. The molecule has 4 rings (SSSR count). The fraction of sp³-hybridized carbons (Fsp3) is 0.333. The van der Waals surface area contributed by atoms with E-state index in [9.17, 15) is 4.79 Å². The number of carbonyl (C=O) groups excluding carboxylic acids is 1. The van der Waals surface area contributed by atoms with Crippen LogP contribution < -0.4 is 5.32 Å². The summed E-state index contributed by atoms with van der Waals surface area (Å²) in [4.78, 5) is 15.6. The van der Waals surface area contributed by atoms with Gasteiger partial charge >= 0.3 is 0 Å². The third-order valence-corrected chi connectivity index (χ3v) is 4.39. The normalized spacial score (nSPS) is 17.9. The van der Waals surface area contributed by atoms with Crippen LogP contribution in [-0.2, 0) is 11.3 Å². The molecule has 3 aromatic rings. The standard InChI is InChI=1S/C18H20N4O2/c23-18(16-10-19-17-7-2-1-6-15(16)17)21-13-9-20-22(11-13)12-14-5-3-4-8-24-14/h1-2,6-7,9-11,14,19H,3-5,8,12H2,(H,21,23). The van der Waals surface area contributed by atoms with E-state index in [1.165, 1.54) is 6.42 Å². The zero-order chi connectivity index (χ0) is 16.4. The van der Waals surface area contributed by atoms with Gasteiger partial charge in [-0.3, -0.25) is 9.48 Å². The minimum Gasteiger partial charge on any atom is -0.376 e. The lowest BCUT2D eigenvalue weighted by Crippen LogP contribution is -2.24. The Morgan fingerprint density at radius 1 is 1.38 bits per heavy atom. The topological polar surface area (TPSA) is 71.9 Å². The Kier molecular flexibility index (Phi) is 4.04. The molecule has 0 spiro atoms. The molecule has 1 amide bonds. The molecule has 1 aliphatic rings. The number of ether oxygens (including phenoxy) is 1. The molecule has 3 heterocycles. The van der Waals surface area contributed by atoms with Crippen LogP contribution in [0, 0.1) is 0 Å². The van der Waals surface area contributed by atoms with Crippen LogP contribution in [0.4, 0.5) is 5.69 Å². The molecule has 1 atom stereocenters. The van der Waals surface area contributed by atoms with Crippen LogP contribution in [-0.4, -0.2) is 33.4 Å². The summed E-state index contributed by atoms with van der Waals surface area (Å²) >= 11 is 0. The van der Waals surface area contributed by atoms with Gasteiger partial charge in [-0.25, -0.2) is 0 Å². The molecule has 1 unspecified atom stereocenters. The van der Waals surface area contributed by atoms with Crippen molar-refractivity contribution in [2.24, 2.45) is 0 Å². The summed E-state index contributed by atoms with van der Waals surface area (Å²) in [6, 6.07) is 7.76. The number of hydrogen-bond donors (Lipinski definition) is 2. The van der Waals surface area contributed by atoms with Crippen molar-refractivity contribution in [2.75, 3.05) is 11.9 Å². The summed E-state index contributed by atoms with van der Waals surface area (Å²) in [5.41, 5.74) is 2.28. The minimum absolute atomic E-state index is 0.138. The predicted octanol–water partition coefficient (Wildman–Crippen LogP) is 3.19. The Hall–Kier alpha value is -2.60. The maximum absolute atomic E-state index is 12.5. The van der Waals surface area contributed by atoms with E-state index in [4.69, 9.17) is 4.74 Å². The summed E-state index contributed by atoms with van der Waals surface area (Å²) in [5, 5.41) is 8.15. The fourth-order valence-electron chi connectivity index (χ4n) is 3.15. The molecule has 1 saturated heterocycles. The number of benzene rings is 1. The monoisotopic (exact) mass is 324 g/mol. The first-order valence-electron chi connectivity index (χ1n) is 8.31. The van der Waals surface area contributed by atoms with Crippen molar-refractivity contribution < 1.29 is 9.53 Å². The van der Waals surface area contributed by atoms with Crippen molar-refractivity contribution >= 4 is 22.5 Å². The number of H-pyrrole nitrogens is 1. The number of para-hydroxylation sites is 1. The second-order valence-corrected chi connectivity index (χ2v) is 6.14. The van der Waals surface area contributed by atoms with Crippen molar-refractivity contribution in [3.63, 3.8) is 0 Å². The molecule has 6 nitrogen and oxygen atoms in total. The SMILES string of the molecule is O=C(Nc1cnn(CC2CCCCO2)c1)c1c[nH]c2ccccc12. The van der Waals surface area contributed by atoms with Crippen molar-refractivity contribution in [1.29, 1.82) is 0 Å². The lowest BCUT2D eigenvalue weighted by atomic mass is 10.1. The van der Waals surface area contributed by atoms with Gasteiger partial charge in [0.2, 0.25) is 0 Å². The van der Waals surface area contributed by atoms with E-state index in [2.05, 4.69) is 15.4 Å². The quantitative estimate of drug-likeness (QED) is 0.774. The zero-order valence-electron chi connectivity index (χ0n) is 13.4. The number of rotatable bonds is 4. The van der Waals surface area contributed by atoms with Crippen LogP contribution in [0.1, 0.15) is 29.6 Å². The van der Waals surface area contributed by atoms with Crippen LogP contribution in [0.5, 0.6) is 0 Å². The van der Waals surface area contributed by atoms with Gasteiger partial charge in [0, 0.05) is 29.9 Å². The third kappa shape index (κ3) is 3.05. The van der Waals surface area contributed by atoms with Gasteiger partial charge in [-0.15, -0.1) is 0 Å². The summed E-state index contributed by atoms with van der Waals surface area (Å²) in [7, 11) is 0. The Labute approximate surface area is 139 Å². The number of amides is 1. The number of nitrogens with zero attached hydrogens (tertiary/aromatic N) is 2. The molecule has 1 aromatic carbocycles. The molecule has 1 aliphatic heterocycles. The van der Waals surface area contributed by atoms with E-state index in [-0.39, 0.29) is 12.0 Å². The number of aromatic amines is 1. The van der Waals surface area contributed by atoms with Crippen LogP contribution in [0.15, 0.2) is 42.9 Å². The molecule has 124 valence electrons. The Morgan fingerprint density at radius 2 is 2.29 bits per heavy atom. The first kappa shape index (κ1) is 15.0. The first-order valence-corrected chi connectivity index (χ1v) is 8.31.